The summed E-state index contributed by atoms with van der Waals surface area (Å²) in [7, 11) is 0. The average Bonchev–Trinajstić information content (AvgIpc) is 2.65. The lowest BCUT2D eigenvalue weighted by Crippen LogP contribution is -2.42. The van der Waals surface area contributed by atoms with E-state index in [0.717, 1.165) is 19.0 Å². The summed E-state index contributed by atoms with van der Waals surface area (Å²) < 4.78 is 0. The van der Waals surface area contributed by atoms with Crippen molar-refractivity contribution in [3.63, 3.8) is 0 Å². The molecule has 1 N–H and O–H groups in total. The van der Waals surface area contributed by atoms with Crippen LogP contribution in [0.1, 0.15) is 38.3 Å². The van der Waals surface area contributed by atoms with Crippen LogP contribution in [-0.4, -0.2) is 37.1 Å². The van der Waals surface area contributed by atoms with Gasteiger partial charge >= 0.3 is 0 Å². The van der Waals surface area contributed by atoms with Crippen LogP contribution in [0.3, 0.4) is 0 Å². The van der Waals surface area contributed by atoms with Crippen LogP contribution in [0.15, 0.2) is 24.3 Å². The van der Waals surface area contributed by atoms with Crippen molar-refractivity contribution in [3.8, 4) is 0 Å². The predicted molar refractivity (Wildman–Crippen MR) is 87.2 cm³/mol. The minimum absolute atomic E-state index is 0.636. The molecule has 1 aliphatic rings. The molecule has 112 valence electrons. The van der Waals surface area contributed by atoms with E-state index >= 15 is 0 Å². The normalized spacial score (nSPS) is 17.8. The molecule has 2 heteroatoms. The second-order valence-corrected chi connectivity index (χ2v) is 6.54. The van der Waals surface area contributed by atoms with Crippen molar-refractivity contribution in [2.45, 2.75) is 46.1 Å². The second-order valence-electron chi connectivity index (χ2n) is 6.54. The Hall–Kier alpha value is -0.860. The first kappa shape index (κ1) is 15.5. The van der Waals surface area contributed by atoms with Gasteiger partial charge in [0.1, 0.15) is 0 Å². The highest BCUT2D eigenvalue weighted by Crippen LogP contribution is 2.16. The van der Waals surface area contributed by atoms with Gasteiger partial charge in [-0.1, -0.05) is 38.1 Å². The zero-order chi connectivity index (χ0) is 14.4. The first-order valence-corrected chi connectivity index (χ1v) is 8.18. The maximum absolute atomic E-state index is 3.61. The van der Waals surface area contributed by atoms with Gasteiger partial charge in [-0.05, 0) is 49.8 Å². The van der Waals surface area contributed by atoms with Crippen LogP contribution in [0.4, 0.5) is 0 Å². The van der Waals surface area contributed by atoms with E-state index in [9.17, 15) is 0 Å². The Labute approximate surface area is 124 Å². The largest absolute Gasteiger partial charge is 0.315 e. The molecule has 1 aromatic carbocycles. The summed E-state index contributed by atoms with van der Waals surface area (Å²) in [5.74, 6) is 0.797. The summed E-state index contributed by atoms with van der Waals surface area (Å²) in [6, 6.07) is 9.57. The van der Waals surface area contributed by atoms with Crippen LogP contribution in [-0.2, 0) is 12.8 Å². The van der Waals surface area contributed by atoms with Crippen LogP contribution >= 0.6 is 0 Å². The van der Waals surface area contributed by atoms with Crippen molar-refractivity contribution >= 4 is 0 Å². The molecule has 0 aromatic heterocycles. The van der Waals surface area contributed by atoms with Crippen molar-refractivity contribution < 1.29 is 0 Å². The molecule has 0 saturated heterocycles. The fourth-order valence-electron chi connectivity index (χ4n) is 2.96. The van der Waals surface area contributed by atoms with Gasteiger partial charge in [0, 0.05) is 25.7 Å². The molecule has 0 spiro atoms. The minimum atomic E-state index is 0.636. The van der Waals surface area contributed by atoms with Gasteiger partial charge in [0.25, 0.3) is 0 Å². The molecule has 0 amide bonds. The second kappa shape index (κ2) is 7.80. The molecule has 1 aliphatic heterocycles. The Morgan fingerprint density at radius 2 is 1.65 bits per heavy atom. The van der Waals surface area contributed by atoms with E-state index < -0.39 is 0 Å². The molecule has 20 heavy (non-hydrogen) atoms. The summed E-state index contributed by atoms with van der Waals surface area (Å²) in [5, 5.41) is 3.61. The lowest BCUT2D eigenvalue weighted by Gasteiger charge is -2.28. The fraction of sp³-hybridized carbons (Fsp3) is 0.667. The van der Waals surface area contributed by atoms with Crippen LogP contribution in [0.25, 0.3) is 0 Å². The molecule has 0 saturated carbocycles. The van der Waals surface area contributed by atoms with Gasteiger partial charge < -0.3 is 5.32 Å². The molecule has 1 atom stereocenters. The van der Waals surface area contributed by atoms with Crippen LogP contribution in [0.2, 0.25) is 0 Å². The first-order chi connectivity index (χ1) is 9.66. The summed E-state index contributed by atoms with van der Waals surface area (Å²) >= 11 is 0. The third-order valence-electron chi connectivity index (χ3n) is 4.42. The first-order valence-electron chi connectivity index (χ1n) is 8.18. The van der Waals surface area contributed by atoms with Crippen LogP contribution in [0, 0.1) is 5.92 Å². The third-order valence-corrected chi connectivity index (χ3v) is 4.42. The summed E-state index contributed by atoms with van der Waals surface area (Å²) in [4.78, 5) is 2.64. The molecule has 2 nitrogen and oxygen atoms in total. The van der Waals surface area contributed by atoms with E-state index in [2.05, 4.69) is 55.3 Å². The number of benzene rings is 1. The molecule has 0 bridgehead atoms. The van der Waals surface area contributed by atoms with Crippen LogP contribution < -0.4 is 5.32 Å². The lowest BCUT2D eigenvalue weighted by molar-refractivity contribution is 0.213. The minimum Gasteiger partial charge on any atom is -0.315 e. The zero-order valence-electron chi connectivity index (χ0n) is 13.4. The highest BCUT2D eigenvalue weighted by Gasteiger charge is 2.17. The highest BCUT2D eigenvalue weighted by molar-refractivity contribution is 5.28. The van der Waals surface area contributed by atoms with Gasteiger partial charge in [0.2, 0.25) is 0 Å². The lowest BCUT2D eigenvalue weighted by atomic mass is 10.0. The van der Waals surface area contributed by atoms with Gasteiger partial charge in [0.15, 0.2) is 0 Å². The average molecular weight is 274 g/mol. The van der Waals surface area contributed by atoms with Gasteiger partial charge in [-0.2, -0.15) is 0 Å². The number of hydrogen-bond donors (Lipinski definition) is 1. The topological polar surface area (TPSA) is 15.3 Å². The van der Waals surface area contributed by atoms with Gasteiger partial charge in [0.05, 0.1) is 0 Å². The Morgan fingerprint density at radius 1 is 1.05 bits per heavy atom. The van der Waals surface area contributed by atoms with Crippen molar-refractivity contribution in [1.82, 2.24) is 10.2 Å². The van der Waals surface area contributed by atoms with Gasteiger partial charge in [-0.3, -0.25) is 4.90 Å². The van der Waals surface area contributed by atoms with E-state index in [1.54, 1.807) is 11.1 Å². The molecule has 0 aliphatic carbocycles. The molecule has 1 aromatic rings. The molecule has 1 unspecified atom stereocenters. The smallest absolute Gasteiger partial charge is 0.0192 e. The Morgan fingerprint density at radius 3 is 2.20 bits per heavy atom. The third kappa shape index (κ3) is 4.60. The number of nitrogens with zero attached hydrogens (tertiary/aromatic N) is 1. The maximum atomic E-state index is 3.61. The van der Waals surface area contributed by atoms with Crippen molar-refractivity contribution in [2.24, 2.45) is 5.92 Å². The molecule has 0 radical (unpaired) electrons. The van der Waals surface area contributed by atoms with Gasteiger partial charge in [-0.25, -0.2) is 0 Å². The fourth-order valence-corrected chi connectivity index (χ4v) is 2.96. The predicted octanol–water partition coefficient (Wildman–Crippen LogP) is 3.11. The number of fused-ring (bicyclic) bond motifs is 1. The number of rotatable bonds is 6. The van der Waals surface area contributed by atoms with Gasteiger partial charge in [-0.15, -0.1) is 0 Å². The van der Waals surface area contributed by atoms with E-state index in [4.69, 9.17) is 0 Å². The summed E-state index contributed by atoms with van der Waals surface area (Å²) in [6.07, 6.45) is 3.68. The van der Waals surface area contributed by atoms with E-state index in [1.807, 2.05) is 0 Å². The molecule has 2 rings (SSSR count). The molecule has 1 heterocycles. The van der Waals surface area contributed by atoms with E-state index in [1.165, 1.54) is 32.4 Å². The van der Waals surface area contributed by atoms with Crippen molar-refractivity contribution in [3.05, 3.63) is 35.4 Å². The maximum Gasteiger partial charge on any atom is 0.0192 e. The molecular weight excluding hydrogens is 244 g/mol. The SMILES string of the molecule is CC(C)CCNCC(C)N1CCc2ccccc2CC1. The van der Waals surface area contributed by atoms with E-state index in [0.29, 0.717) is 6.04 Å². The Kier molecular flexibility index (Phi) is 6.06. The highest BCUT2D eigenvalue weighted by atomic mass is 15.2. The molecule has 0 fully saturated rings. The van der Waals surface area contributed by atoms with Crippen molar-refractivity contribution in [2.75, 3.05) is 26.2 Å². The van der Waals surface area contributed by atoms with Crippen LogP contribution in [0.5, 0.6) is 0 Å². The van der Waals surface area contributed by atoms with E-state index in [-0.39, 0.29) is 0 Å². The Bertz CT molecular complexity index is 373. The number of hydrogen-bond acceptors (Lipinski definition) is 2. The number of nitrogens with one attached hydrogen (secondary N) is 1. The zero-order valence-corrected chi connectivity index (χ0v) is 13.4. The standard InChI is InChI=1S/C18H30N2/c1-15(2)8-11-19-14-16(3)20-12-9-17-6-4-5-7-18(17)10-13-20/h4-7,15-16,19H,8-14H2,1-3H3. The summed E-state index contributed by atoms with van der Waals surface area (Å²) in [6.45, 7) is 11.6. The Balaban J connectivity index is 1.77. The quantitative estimate of drug-likeness (QED) is 0.802. The molecular formula is C18H30N2. The summed E-state index contributed by atoms with van der Waals surface area (Å²) in [5.41, 5.74) is 3.10. The van der Waals surface area contributed by atoms with Crippen molar-refractivity contribution in [1.29, 1.82) is 0 Å². The monoisotopic (exact) mass is 274 g/mol.